The zero-order valence-electron chi connectivity index (χ0n) is 9.28. The van der Waals surface area contributed by atoms with E-state index in [4.69, 9.17) is 0 Å². The maximum Gasteiger partial charge on any atom is 0.151 e. The minimum atomic E-state index is 0.797. The van der Waals surface area contributed by atoms with Crippen molar-refractivity contribution in [1.29, 1.82) is 0 Å². The number of aldehydes is 1. The number of aryl methyl sites for hydroxylation is 1. The van der Waals surface area contributed by atoms with Gasteiger partial charge in [0.2, 0.25) is 0 Å². The summed E-state index contributed by atoms with van der Waals surface area (Å²) in [5.41, 5.74) is 0.797. The maximum absolute atomic E-state index is 10.8. The molecule has 1 aliphatic rings. The molecule has 0 atom stereocenters. The van der Waals surface area contributed by atoms with Crippen LogP contribution in [0.15, 0.2) is 12.3 Å². The quantitative estimate of drug-likeness (QED) is 0.706. The van der Waals surface area contributed by atoms with E-state index in [0.717, 1.165) is 37.9 Å². The largest absolute Gasteiger partial charge is 0.358 e. The van der Waals surface area contributed by atoms with Crippen molar-refractivity contribution in [3.05, 3.63) is 17.8 Å². The van der Waals surface area contributed by atoms with Gasteiger partial charge in [-0.2, -0.15) is 0 Å². The van der Waals surface area contributed by atoms with Crippen molar-refractivity contribution in [2.75, 3.05) is 18.0 Å². The van der Waals surface area contributed by atoms with E-state index in [2.05, 4.69) is 16.4 Å². The normalized spacial score (nSPS) is 15.9. The van der Waals surface area contributed by atoms with E-state index >= 15 is 0 Å². The van der Waals surface area contributed by atoms with Gasteiger partial charge in [0.05, 0.1) is 0 Å². The molecular formula is C12H18N2O. The molecule has 0 saturated carbocycles. The van der Waals surface area contributed by atoms with Crippen LogP contribution in [0.4, 0.5) is 5.82 Å². The Labute approximate surface area is 90.7 Å². The summed E-state index contributed by atoms with van der Waals surface area (Å²) in [7, 11) is 0. The highest BCUT2D eigenvalue weighted by atomic mass is 16.1. The van der Waals surface area contributed by atoms with E-state index in [-0.39, 0.29) is 0 Å². The van der Waals surface area contributed by atoms with Crippen LogP contribution >= 0.6 is 0 Å². The minimum Gasteiger partial charge on any atom is -0.358 e. The highest BCUT2D eigenvalue weighted by molar-refractivity contribution is 5.77. The fourth-order valence-electron chi connectivity index (χ4n) is 2.22. The molecule has 1 aromatic heterocycles. The molecule has 2 heterocycles. The molecule has 0 aliphatic carbocycles. The van der Waals surface area contributed by atoms with Gasteiger partial charge in [0, 0.05) is 31.4 Å². The van der Waals surface area contributed by atoms with Gasteiger partial charge in [0.1, 0.15) is 5.82 Å². The Bertz CT molecular complexity index is 337. The molecule has 3 nitrogen and oxygen atoms in total. The van der Waals surface area contributed by atoms with E-state index in [9.17, 15) is 4.79 Å². The molecule has 1 aromatic rings. The first-order valence-corrected chi connectivity index (χ1v) is 5.75. The molecule has 1 saturated heterocycles. The van der Waals surface area contributed by atoms with Crippen LogP contribution in [0, 0.1) is 0 Å². The molecule has 2 rings (SSSR count). The molecule has 0 radical (unpaired) electrons. The lowest BCUT2D eigenvalue weighted by molar-refractivity contribution is 0.112. The number of hydrogen-bond donors (Lipinski definition) is 0. The summed E-state index contributed by atoms with van der Waals surface area (Å²) in [4.78, 5) is 13.1. The summed E-state index contributed by atoms with van der Waals surface area (Å²) in [6.07, 6.45) is 6.55. The van der Waals surface area contributed by atoms with Crippen LogP contribution in [0.5, 0.6) is 0 Å². The van der Waals surface area contributed by atoms with Crippen LogP contribution in [-0.2, 0) is 6.54 Å². The van der Waals surface area contributed by atoms with Crippen LogP contribution < -0.4 is 4.90 Å². The van der Waals surface area contributed by atoms with Gasteiger partial charge in [0.25, 0.3) is 0 Å². The van der Waals surface area contributed by atoms with E-state index < -0.39 is 0 Å². The fourth-order valence-corrected chi connectivity index (χ4v) is 2.22. The van der Waals surface area contributed by atoms with Crippen molar-refractivity contribution in [2.45, 2.75) is 32.7 Å². The number of rotatable bonds is 4. The lowest BCUT2D eigenvalue weighted by atomic mass is 10.4. The molecule has 0 spiro atoms. The van der Waals surface area contributed by atoms with Crippen molar-refractivity contribution in [1.82, 2.24) is 4.57 Å². The minimum absolute atomic E-state index is 0.797. The molecule has 0 aromatic carbocycles. The molecular weight excluding hydrogens is 188 g/mol. The molecule has 1 aliphatic heterocycles. The topological polar surface area (TPSA) is 25.2 Å². The van der Waals surface area contributed by atoms with E-state index in [0.29, 0.717) is 0 Å². The zero-order chi connectivity index (χ0) is 10.7. The average Bonchev–Trinajstić information content (AvgIpc) is 2.85. The second-order valence-corrected chi connectivity index (χ2v) is 4.14. The van der Waals surface area contributed by atoms with Gasteiger partial charge in [0.15, 0.2) is 6.29 Å². The van der Waals surface area contributed by atoms with Crippen molar-refractivity contribution >= 4 is 12.1 Å². The molecule has 0 bridgehead atoms. The monoisotopic (exact) mass is 206 g/mol. The van der Waals surface area contributed by atoms with Crippen molar-refractivity contribution in [3.8, 4) is 0 Å². The van der Waals surface area contributed by atoms with Gasteiger partial charge in [-0.25, -0.2) is 0 Å². The van der Waals surface area contributed by atoms with Gasteiger partial charge in [-0.15, -0.1) is 0 Å². The molecule has 0 amide bonds. The highest BCUT2D eigenvalue weighted by Crippen LogP contribution is 2.23. The second kappa shape index (κ2) is 4.51. The number of carbonyl (C=O) groups is 1. The molecule has 0 unspecified atom stereocenters. The third-order valence-electron chi connectivity index (χ3n) is 2.93. The van der Waals surface area contributed by atoms with Gasteiger partial charge >= 0.3 is 0 Å². The summed E-state index contributed by atoms with van der Waals surface area (Å²) in [6.45, 7) is 5.42. The summed E-state index contributed by atoms with van der Waals surface area (Å²) in [5.74, 6) is 1.22. The van der Waals surface area contributed by atoms with E-state index in [1.54, 1.807) is 0 Å². The Kier molecular flexibility index (Phi) is 3.09. The second-order valence-electron chi connectivity index (χ2n) is 4.14. The Hall–Kier alpha value is -1.25. The summed E-state index contributed by atoms with van der Waals surface area (Å²) in [6, 6.07) is 2.01. The van der Waals surface area contributed by atoms with Crippen LogP contribution in [0.3, 0.4) is 0 Å². The van der Waals surface area contributed by atoms with Crippen LogP contribution in [-0.4, -0.2) is 23.9 Å². The number of aromatic nitrogens is 1. The smallest absolute Gasteiger partial charge is 0.151 e. The lowest BCUT2D eigenvalue weighted by Gasteiger charge is -2.19. The lowest BCUT2D eigenvalue weighted by Crippen LogP contribution is -2.20. The highest BCUT2D eigenvalue weighted by Gasteiger charge is 2.16. The van der Waals surface area contributed by atoms with Gasteiger partial charge in [-0.1, -0.05) is 6.92 Å². The van der Waals surface area contributed by atoms with Crippen molar-refractivity contribution in [3.63, 3.8) is 0 Å². The Balaban J connectivity index is 2.25. The van der Waals surface area contributed by atoms with Crippen LogP contribution in [0.1, 0.15) is 36.5 Å². The van der Waals surface area contributed by atoms with Crippen LogP contribution in [0.25, 0.3) is 0 Å². The van der Waals surface area contributed by atoms with E-state index in [1.165, 1.54) is 18.7 Å². The number of anilines is 1. The molecule has 1 fully saturated rings. The van der Waals surface area contributed by atoms with Gasteiger partial charge in [-0.05, 0) is 25.3 Å². The van der Waals surface area contributed by atoms with Gasteiger partial charge < -0.3 is 9.47 Å². The van der Waals surface area contributed by atoms with E-state index in [1.807, 2.05) is 12.3 Å². The Morgan fingerprint density at radius 1 is 1.40 bits per heavy atom. The molecule has 0 N–H and O–H groups in total. The van der Waals surface area contributed by atoms with Crippen molar-refractivity contribution < 1.29 is 4.79 Å². The standard InChI is InChI=1S/C12H18N2O/c1-2-5-14-9-11(10-15)8-12(14)13-6-3-4-7-13/h8-10H,2-7H2,1H3. The Morgan fingerprint density at radius 2 is 2.13 bits per heavy atom. The molecule has 3 heteroatoms. The number of carbonyl (C=O) groups excluding carboxylic acids is 1. The predicted octanol–water partition coefficient (Wildman–Crippen LogP) is 2.31. The molecule has 82 valence electrons. The summed E-state index contributed by atoms with van der Waals surface area (Å²) >= 11 is 0. The predicted molar refractivity (Wildman–Crippen MR) is 61.6 cm³/mol. The SMILES string of the molecule is CCCn1cc(C=O)cc1N1CCCC1. The zero-order valence-corrected chi connectivity index (χ0v) is 9.28. The average molecular weight is 206 g/mol. The van der Waals surface area contributed by atoms with Gasteiger partial charge in [-0.3, -0.25) is 4.79 Å². The third-order valence-corrected chi connectivity index (χ3v) is 2.93. The fraction of sp³-hybridized carbons (Fsp3) is 0.583. The summed E-state index contributed by atoms with van der Waals surface area (Å²) < 4.78 is 2.20. The first kappa shape index (κ1) is 10.3. The summed E-state index contributed by atoms with van der Waals surface area (Å²) in [5, 5.41) is 0. The van der Waals surface area contributed by atoms with Crippen molar-refractivity contribution in [2.24, 2.45) is 0 Å². The maximum atomic E-state index is 10.8. The molecule has 15 heavy (non-hydrogen) atoms. The van der Waals surface area contributed by atoms with Crippen LogP contribution in [0.2, 0.25) is 0 Å². The first-order valence-electron chi connectivity index (χ1n) is 5.75. The Morgan fingerprint density at radius 3 is 2.73 bits per heavy atom. The third kappa shape index (κ3) is 2.06. The number of nitrogens with zero attached hydrogens (tertiary/aromatic N) is 2. The number of hydrogen-bond acceptors (Lipinski definition) is 2. The first-order chi connectivity index (χ1) is 7.35.